The van der Waals surface area contributed by atoms with Gasteiger partial charge in [0.1, 0.15) is 24.0 Å². The molecule has 3 N–H and O–H groups in total. The molecule has 1 aromatic rings. The molecule has 5 atom stereocenters. The van der Waals surface area contributed by atoms with Crippen molar-refractivity contribution in [3.8, 4) is 5.88 Å². The van der Waals surface area contributed by atoms with Crippen molar-refractivity contribution < 1.29 is 37.7 Å². The van der Waals surface area contributed by atoms with Gasteiger partial charge in [-0.3, -0.25) is 13.8 Å². The van der Waals surface area contributed by atoms with Crippen molar-refractivity contribution in [2.24, 2.45) is 5.41 Å². The fourth-order valence-electron chi connectivity index (χ4n) is 3.27. The molecule has 0 saturated carbocycles. The minimum absolute atomic E-state index is 0.00354. The van der Waals surface area contributed by atoms with Gasteiger partial charge in [0.15, 0.2) is 5.72 Å². The van der Waals surface area contributed by atoms with E-state index in [-0.39, 0.29) is 27.1 Å². The maximum absolute atomic E-state index is 13.3. The van der Waals surface area contributed by atoms with Crippen molar-refractivity contribution in [3.63, 3.8) is 0 Å². The monoisotopic (exact) mass is 524 g/mol. The SMILES string of the molecule is COc1nc(N)nc2c1PCN2[C@](C)(O)C1OP(=O)(SCOC(=O)C(C)(C)C)OCC1OC. The molecule has 4 unspecified atom stereocenters. The van der Waals surface area contributed by atoms with Gasteiger partial charge in [-0.1, -0.05) is 8.58 Å². The van der Waals surface area contributed by atoms with E-state index in [1.807, 2.05) is 0 Å². The Bertz CT molecular complexity index is 945. The number of nitrogens with zero attached hydrogens (tertiary/aromatic N) is 3. The summed E-state index contributed by atoms with van der Waals surface area (Å²) >= 11 is 0.732. The van der Waals surface area contributed by atoms with Gasteiger partial charge in [-0.25, -0.2) is 4.57 Å². The number of anilines is 2. The van der Waals surface area contributed by atoms with Gasteiger partial charge in [0, 0.05) is 24.8 Å². The summed E-state index contributed by atoms with van der Waals surface area (Å²) in [6.07, 6.45) is -1.41. The number of nitrogens with two attached hydrogens (primary N) is 1. The van der Waals surface area contributed by atoms with Crippen LogP contribution in [-0.2, 0) is 27.9 Å². The summed E-state index contributed by atoms with van der Waals surface area (Å²) in [7, 11) is 3.15. The molecule has 2 aliphatic rings. The van der Waals surface area contributed by atoms with Crippen LogP contribution in [-0.4, -0.2) is 72.0 Å². The number of ether oxygens (including phenoxy) is 3. The van der Waals surface area contributed by atoms with Crippen molar-refractivity contribution in [1.82, 2.24) is 9.97 Å². The Kier molecular flexibility index (Phi) is 7.85. The van der Waals surface area contributed by atoms with Crippen LogP contribution in [0.4, 0.5) is 11.8 Å². The fraction of sp³-hybridized carbons (Fsp3) is 0.722. The maximum atomic E-state index is 13.3. The summed E-state index contributed by atoms with van der Waals surface area (Å²) in [6.45, 7) is 2.79. The topological polar surface area (TPSA) is 156 Å². The lowest BCUT2D eigenvalue weighted by Crippen LogP contribution is -2.61. The van der Waals surface area contributed by atoms with E-state index >= 15 is 0 Å². The standard InChI is InChI=1S/C18H30N4O8P2S/c1-17(2,3)15(23)28-9-33-32(25)29-7-10(26-5)12(30-32)18(4,24)22-8-31-11-13(22)20-16(19)21-14(11)27-6/h10,12,24,31H,7-9H2,1-6H3,(H2,19,20,21)/t10?,12?,18-,32?/m1/s1. The average Bonchev–Trinajstić information content (AvgIpc) is 3.16. The first-order chi connectivity index (χ1) is 15.3. The number of esters is 1. The number of carbonyl (C=O) groups is 1. The number of hydrogen-bond donors (Lipinski definition) is 2. The van der Waals surface area contributed by atoms with Gasteiger partial charge in [-0.2, -0.15) is 9.97 Å². The molecule has 15 heteroatoms. The first-order valence-electron chi connectivity index (χ1n) is 10.1. The van der Waals surface area contributed by atoms with E-state index in [1.165, 1.54) is 21.1 Å². The highest BCUT2D eigenvalue weighted by Crippen LogP contribution is 2.64. The molecule has 0 radical (unpaired) electrons. The van der Waals surface area contributed by atoms with Gasteiger partial charge in [-0.15, -0.1) is 0 Å². The Morgan fingerprint density at radius 3 is 2.67 bits per heavy atom. The lowest BCUT2D eigenvalue weighted by molar-refractivity contribution is -0.150. The summed E-state index contributed by atoms with van der Waals surface area (Å²) in [4.78, 5) is 22.0. The van der Waals surface area contributed by atoms with Crippen LogP contribution >= 0.6 is 26.8 Å². The minimum Gasteiger partial charge on any atom is -0.480 e. The number of carbonyl (C=O) groups excluding carboxylic acids is 1. The molecule has 186 valence electrons. The molecule has 1 saturated heterocycles. The van der Waals surface area contributed by atoms with Gasteiger partial charge in [0.2, 0.25) is 11.8 Å². The molecule has 1 fully saturated rings. The number of nitrogen functional groups attached to an aromatic ring is 1. The lowest BCUT2D eigenvalue weighted by atomic mass is 9.98. The van der Waals surface area contributed by atoms with E-state index < -0.39 is 36.1 Å². The highest BCUT2D eigenvalue weighted by Gasteiger charge is 2.53. The largest absolute Gasteiger partial charge is 0.480 e. The zero-order valence-electron chi connectivity index (χ0n) is 19.4. The average molecular weight is 524 g/mol. The van der Waals surface area contributed by atoms with Gasteiger partial charge in [0.05, 0.1) is 24.4 Å². The van der Waals surface area contributed by atoms with Crippen molar-refractivity contribution in [1.29, 1.82) is 0 Å². The second kappa shape index (κ2) is 9.81. The Morgan fingerprint density at radius 1 is 1.36 bits per heavy atom. The van der Waals surface area contributed by atoms with E-state index in [0.717, 1.165) is 16.7 Å². The molecule has 12 nitrogen and oxygen atoms in total. The number of fused-ring (bicyclic) bond motifs is 1. The number of aliphatic hydroxyl groups is 1. The molecule has 0 aromatic carbocycles. The molecule has 0 aliphatic carbocycles. The number of hydrogen-bond acceptors (Lipinski definition) is 13. The smallest absolute Gasteiger partial charge is 0.393 e. The molecule has 2 aliphatic heterocycles. The molecule has 33 heavy (non-hydrogen) atoms. The van der Waals surface area contributed by atoms with E-state index in [9.17, 15) is 14.5 Å². The third-order valence-electron chi connectivity index (χ3n) is 5.12. The van der Waals surface area contributed by atoms with Crippen molar-refractivity contribution in [2.45, 2.75) is 45.6 Å². The lowest BCUT2D eigenvalue weighted by Gasteiger charge is -2.46. The van der Waals surface area contributed by atoms with Crippen LogP contribution in [0.1, 0.15) is 27.7 Å². The first kappa shape index (κ1) is 26.4. The van der Waals surface area contributed by atoms with Crippen LogP contribution in [0.3, 0.4) is 0 Å². The molecule has 0 amide bonds. The van der Waals surface area contributed by atoms with Crippen molar-refractivity contribution in [2.75, 3.05) is 43.7 Å². The van der Waals surface area contributed by atoms with Crippen LogP contribution < -0.4 is 20.7 Å². The van der Waals surface area contributed by atoms with Gasteiger partial charge in [-0.05, 0) is 27.7 Å². The molecule has 0 spiro atoms. The number of rotatable bonds is 7. The third-order valence-corrected chi connectivity index (χ3v) is 9.71. The van der Waals surface area contributed by atoms with E-state index in [0.29, 0.717) is 18.0 Å². The number of methoxy groups -OCH3 is 2. The Hall–Kier alpha value is -1.20. The minimum atomic E-state index is -3.78. The van der Waals surface area contributed by atoms with Gasteiger partial charge < -0.3 is 30.0 Å². The quantitative estimate of drug-likeness (QED) is 0.302. The zero-order chi connectivity index (χ0) is 24.6. The molecule has 3 heterocycles. The predicted molar refractivity (Wildman–Crippen MR) is 126 cm³/mol. The van der Waals surface area contributed by atoms with Crippen LogP contribution in [0.5, 0.6) is 5.88 Å². The van der Waals surface area contributed by atoms with Crippen LogP contribution in [0.15, 0.2) is 0 Å². The van der Waals surface area contributed by atoms with Crippen molar-refractivity contribution >= 4 is 49.8 Å². The van der Waals surface area contributed by atoms with E-state index in [1.54, 1.807) is 25.7 Å². The Balaban J connectivity index is 1.81. The molecular formula is C18H30N4O8P2S. The van der Waals surface area contributed by atoms with Crippen molar-refractivity contribution in [3.05, 3.63) is 0 Å². The normalized spacial score (nSPS) is 27.8. The second-order valence-electron chi connectivity index (χ2n) is 8.62. The molecule has 1 aromatic heterocycles. The summed E-state index contributed by atoms with van der Waals surface area (Å²) in [5.41, 5.74) is 3.42. The summed E-state index contributed by atoms with van der Waals surface area (Å²) in [5, 5.41) is 12.3. The van der Waals surface area contributed by atoms with Crippen LogP contribution in [0, 0.1) is 5.41 Å². The van der Waals surface area contributed by atoms with Gasteiger partial charge in [0.25, 0.3) is 0 Å². The van der Waals surface area contributed by atoms with Crippen LogP contribution in [0.25, 0.3) is 0 Å². The highest BCUT2D eigenvalue weighted by atomic mass is 32.7. The molecule has 3 rings (SSSR count). The number of aromatic nitrogens is 2. The summed E-state index contributed by atoms with van der Waals surface area (Å²) in [6, 6.07) is 0. The fourth-order valence-corrected chi connectivity index (χ4v) is 7.55. The van der Waals surface area contributed by atoms with Crippen LogP contribution in [0.2, 0.25) is 0 Å². The summed E-state index contributed by atoms with van der Waals surface area (Å²) < 4.78 is 40.5. The van der Waals surface area contributed by atoms with Gasteiger partial charge >= 0.3 is 12.8 Å². The first-order valence-corrected chi connectivity index (χ1v) is 14.4. The molecular weight excluding hydrogens is 494 g/mol. The molecule has 0 bridgehead atoms. The zero-order valence-corrected chi connectivity index (χ0v) is 22.1. The van der Waals surface area contributed by atoms with E-state index in [4.69, 9.17) is 29.0 Å². The maximum Gasteiger partial charge on any atom is 0.393 e. The highest BCUT2D eigenvalue weighted by molar-refractivity contribution is 8.55. The summed E-state index contributed by atoms with van der Waals surface area (Å²) in [5.74, 6) is 0.0739. The Labute approximate surface area is 198 Å². The Morgan fingerprint density at radius 2 is 2.06 bits per heavy atom. The predicted octanol–water partition coefficient (Wildman–Crippen LogP) is 1.68. The second-order valence-corrected chi connectivity index (χ2v) is 13.8. The van der Waals surface area contributed by atoms with E-state index in [2.05, 4.69) is 9.97 Å². The third kappa shape index (κ3) is 5.56.